The van der Waals surface area contributed by atoms with E-state index in [0.717, 1.165) is 11.8 Å². The van der Waals surface area contributed by atoms with Gasteiger partial charge in [-0.05, 0) is 27.7 Å². The van der Waals surface area contributed by atoms with Crippen LogP contribution in [0.5, 0.6) is 0 Å². The molecule has 0 aliphatic heterocycles. The van der Waals surface area contributed by atoms with E-state index in [1.165, 1.54) is 6.92 Å². The summed E-state index contributed by atoms with van der Waals surface area (Å²) < 4.78 is 14.2. The van der Waals surface area contributed by atoms with Crippen LogP contribution in [0.15, 0.2) is 0 Å². The molecule has 0 saturated carbocycles. The summed E-state index contributed by atoms with van der Waals surface area (Å²) >= 11 is 0. The number of nitrogens with zero attached hydrogens (tertiary/aromatic N) is 1. The second-order valence-corrected chi connectivity index (χ2v) is 6.31. The molecule has 0 aromatic heterocycles. The van der Waals surface area contributed by atoms with Crippen LogP contribution in [0, 0.1) is 0 Å². The van der Waals surface area contributed by atoms with Crippen LogP contribution >= 0.6 is 0 Å². The van der Waals surface area contributed by atoms with Crippen molar-refractivity contribution in [3.05, 3.63) is 0 Å². The third-order valence-electron chi connectivity index (χ3n) is 2.53. The van der Waals surface area contributed by atoms with E-state index < -0.39 is 42.8 Å². The first-order valence-electron chi connectivity index (χ1n) is 7.68. The van der Waals surface area contributed by atoms with Crippen LogP contribution in [0.4, 0.5) is 0 Å². The Morgan fingerprint density at radius 3 is 1.92 bits per heavy atom. The van der Waals surface area contributed by atoms with E-state index in [1.54, 1.807) is 20.8 Å². The molecule has 0 spiro atoms. The van der Waals surface area contributed by atoms with E-state index in [-0.39, 0.29) is 25.2 Å². The molecule has 0 aliphatic rings. The highest BCUT2D eigenvalue weighted by molar-refractivity contribution is 5.89. The zero-order chi connectivity index (χ0) is 19.6. The Balaban J connectivity index is 4.53. The lowest BCUT2D eigenvalue weighted by Gasteiger charge is -2.24. The van der Waals surface area contributed by atoms with Crippen LogP contribution in [0.3, 0.4) is 0 Å². The van der Waals surface area contributed by atoms with Gasteiger partial charge in [0.2, 0.25) is 12.7 Å². The van der Waals surface area contributed by atoms with Crippen molar-refractivity contribution in [2.75, 3.05) is 19.9 Å². The minimum atomic E-state index is -0.741. The monoisotopic (exact) mass is 359 g/mol. The summed E-state index contributed by atoms with van der Waals surface area (Å²) in [7, 11) is 0. The SMILES string of the molecule is CC(=O)CN(CC(=O)OC(C)(C)C)C(=O)CCC(=O)OCOC(C)=O. The first-order valence-corrected chi connectivity index (χ1v) is 7.68. The van der Waals surface area contributed by atoms with Gasteiger partial charge in [0.15, 0.2) is 0 Å². The summed E-state index contributed by atoms with van der Waals surface area (Å²) in [6.45, 7) is 6.30. The molecule has 1 amide bonds. The van der Waals surface area contributed by atoms with Crippen molar-refractivity contribution in [3.63, 3.8) is 0 Å². The normalized spacial score (nSPS) is 10.6. The number of carbonyl (C=O) groups is 5. The molecule has 0 aromatic carbocycles. The van der Waals surface area contributed by atoms with Gasteiger partial charge in [-0.15, -0.1) is 0 Å². The van der Waals surface area contributed by atoms with Gasteiger partial charge in [-0.2, -0.15) is 0 Å². The molecule has 0 heterocycles. The van der Waals surface area contributed by atoms with Crippen molar-refractivity contribution in [2.24, 2.45) is 0 Å². The lowest BCUT2D eigenvalue weighted by Crippen LogP contribution is -2.41. The van der Waals surface area contributed by atoms with Crippen LogP contribution in [0.2, 0.25) is 0 Å². The van der Waals surface area contributed by atoms with Gasteiger partial charge in [0.25, 0.3) is 0 Å². The average Bonchev–Trinajstić information content (AvgIpc) is 2.41. The maximum Gasteiger partial charge on any atom is 0.326 e. The van der Waals surface area contributed by atoms with Crippen molar-refractivity contribution >= 4 is 29.6 Å². The lowest BCUT2D eigenvalue weighted by molar-refractivity contribution is -0.166. The molecule has 0 atom stereocenters. The molecule has 0 radical (unpaired) electrons. The van der Waals surface area contributed by atoms with Gasteiger partial charge in [-0.3, -0.25) is 24.0 Å². The molecule has 0 aliphatic carbocycles. The summed E-state index contributed by atoms with van der Waals surface area (Å²) in [5.41, 5.74) is -0.720. The third kappa shape index (κ3) is 12.6. The molecule has 0 fully saturated rings. The molecule has 0 N–H and O–H groups in total. The summed E-state index contributed by atoms with van der Waals surface area (Å²) in [5.74, 6) is -2.87. The molecule has 0 bridgehead atoms. The minimum absolute atomic E-state index is 0.255. The van der Waals surface area contributed by atoms with E-state index >= 15 is 0 Å². The van der Waals surface area contributed by atoms with Crippen LogP contribution in [-0.2, 0) is 38.2 Å². The third-order valence-corrected chi connectivity index (χ3v) is 2.53. The Kier molecular flexibility index (Phi) is 9.40. The Morgan fingerprint density at radius 1 is 0.840 bits per heavy atom. The molecule has 9 heteroatoms. The Hall–Kier alpha value is -2.45. The molecule has 25 heavy (non-hydrogen) atoms. The van der Waals surface area contributed by atoms with Gasteiger partial charge in [0.05, 0.1) is 13.0 Å². The summed E-state index contributed by atoms with van der Waals surface area (Å²) in [5, 5.41) is 0. The van der Waals surface area contributed by atoms with Crippen molar-refractivity contribution < 1.29 is 38.2 Å². The van der Waals surface area contributed by atoms with E-state index in [2.05, 4.69) is 9.47 Å². The van der Waals surface area contributed by atoms with Gasteiger partial charge < -0.3 is 19.1 Å². The van der Waals surface area contributed by atoms with Gasteiger partial charge in [0, 0.05) is 13.3 Å². The number of ether oxygens (including phenoxy) is 3. The number of esters is 3. The molecule has 0 rings (SSSR count). The van der Waals surface area contributed by atoms with Crippen molar-refractivity contribution in [3.8, 4) is 0 Å². The van der Waals surface area contributed by atoms with Crippen LogP contribution < -0.4 is 0 Å². The van der Waals surface area contributed by atoms with Crippen molar-refractivity contribution in [1.29, 1.82) is 0 Å². The van der Waals surface area contributed by atoms with Gasteiger partial charge >= 0.3 is 17.9 Å². The van der Waals surface area contributed by atoms with Crippen molar-refractivity contribution in [1.82, 2.24) is 4.90 Å². The molecular weight excluding hydrogens is 334 g/mol. The second-order valence-electron chi connectivity index (χ2n) is 6.31. The van der Waals surface area contributed by atoms with Crippen LogP contribution in [0.25, 0.3) is 0 Å². The minimum Gasteiger partial charge on any atom is -0.459 e. The molecule has 0 saturated heterocycles. The van der Waals surface area contributed by atoms with E-state index in [9.17, 15) is 24.0 Å². The quantitative estimate of drug-likeness (QED) is 0.434. The number of hydrogen-bond acceptors (Lipinski definition) is 8. The standard InChI is InChI=1S/C16H25NO8/c1-11(18)8-17(9-15(22)25-16(3,4)5)13(20)6-7-14(21)24-10-23-12(2)19/h6-10H2,1-5H3. The summed E-state index contributed by atoms with van der Waals surface area (Å²) in [4.78, 5) is 58.3. The molecule has 0 unspecified atom stereocenters. The van der Waals surface area contributed by atoms with Gasteiger partial charge in [-0.25, -0.2) is 0 Å². The zero-order valence-corrected chi connectivity index (χ0v) is 15.2. The first kappa shape index (κ1) is 22.6. The number of hydrogen-bond donors (Lipinski definition) is 0. The fourth-order valence-electron chi connectivity index (χ4n) is 1.65. The number of amides is 1. The Bertz CT molecular complexity index is 521. The number of ketones is 1. The fraction of sp³-hybridized carbons (Fsp3) is 0.688. The molecule has 9 nitrogen and oxygen atoms in total. The van der Waals surface area contributed by atoms with E-state index in [0.29, 0.717) is 0 Å². The second kappa shape index (κ2) is 10.4. The lowest BCUT2D eigenvalue weighted by atomic mass is 10.2. The largest absolute Gasteiger partial charge is 0.459 e. The Labute approximate surface area is 146 Å². The maximum absolute atomic E-state index is 12.1. The van der Waals surface area contributed by atoms with E-state index in [4.69, 9.17) is 4.74 Å². The number of rotatable bonds is 9. The molecule has 142 valence electrons. The van der Waals surface area contributed by atoms with E-state index in [1.807, 2.05) is 0 Å². The summed E-state index contributed by atoms with van der Waals surface area (Å²) in [6.07, 6.45) is -0.530. The average molecular weight is 359 g/mol. The van der Waals surface area contributed by atoms with Crippen molar-refractivity contribution in [2.45, 2.75) is 53.1 Å². The number of Topliss-reactive ketones (excluding diaryl/α,β-unsaturated/α-hetero) is 1. The highest BCUT2D eigenvalue weighted by Gasteiger charge is 2.23. The predicted molar refractivity (Wildman–Crippen MR) is 85.1 cm³/mol. The van der Waals surface area contributed by atoms with Crippen LogP contribution in [-0.4, -0.2) is 60.0 Å². The maximum atomic E-state index is 12.1. The molecular formula is C16H25NO8. The van der Waals surface area contributed by atoms with Gasteiger partial charge in [0.1, 0.15) is 17.9 Å². The summed E-state index contributed by atoms with van der Waals surface area (Å²) in [6, 6.07) is 0. The first-order chi connectivity index (χ1) is 11.4. The van der Waals surface area contributed by atoms with Gasteiger partial charge in [-0.1, -0.05) is 0 Å². The Morgan fingerprint density at radius 2 is 1.44 bits per heavy atom. The smallest absolute Gasteiger partial charge is 0.326 e. The van der Waals surface area contributed by atoms with Crippen LogP contribution in [0.1, 0.15) is 47.5 Å². The topological polar surface area (TPSA) is 116 Å². The number of carbonyl (C=O) groups excluding carboxylic acids is 5. The highest BCUT2D eigenvalue weighted by Crippen LogP contribution is 2.08. The highest BCUT2D eigenvalue weighted by atomic mass is 16.7. The fourth-order valence-corrected chi connectivity index (χ4v) is 1.65. The zero-order valence-electron chi connectivity index (χ0n) is 15.2. The predicted octanol–water partition coefficient (Wildman–Crippen LogP) is 0.590. The molecule has 0 aromatic rings.